The highest BCUT2D eigenvalue weighted by Crippen LogP contribution is 2.12. The van der Waals surface area contributed by atoms with E-state index in [4.69, 9.17) is 0 Å². The molecule has 0 bridgehead atoms. The zero-order valence-electron chi connectivity index (χ0n) is 8.06. The van der Waals surface area contributed by atoms with Crippen LogP contribution < -0.4 is 0 Å². The second-order valence-corrected chi connectivity index (χ2v) is 4.80. The van der Waals surface area contributed by atoms with Gasteiger partial charge in [-0.3, -0.25) is 4.79 Å². The molecule has 1 aromatic rings. The number of aromatic nitrogens is 1. The number of hydrogen-bond donors (Lipinski definition) is 1. The van der Waals surface area contributed by atoms with Crippen LogP contribution in [0.3, 0.4) is 0 Å². The Morgan fingerprint density at radius 1 is 1.60 bits per heavy atom. The monoisotopic (exact) mass is 318 g/mol. The number of amides is 1. The van der Waals surface area contributed by atoms with Crippen molar-refractivity contribution >= 4 is 28.5 Å². The van der Waals surface area contributed by atoms with Crippen molar-refractivity contribution in [3.05, 3.63) is 27.6 Å². The van der Waals surface area contributed by atoms with Crippen LogP contribution in [0.25, 0.3) is 0 Å². The van der Waals surface area contributed by atoms with Crippen molar-refractivity contribution in [1.29, 1.82) is 0 Å². The molecule has 2 heterocycles. The smallest absolute Gasteiger partial charge is 0.272 e. The van der Waals surface area contributed by atoms with E-state index in [9.17, 15) is 9.90 Å². The first-order valence-corrected chi connectivity index (χ1v) is 5.83. The molecule has 5 heteroatoms. The first kappa shape index (κ1) is 10.8. The summed E-state index contributed by atoms with van der Waals surface area (Å²) in [6.45, 7) is 1.04. The van der Waals surface area contributed by atoms with Crippen LogP contribution in [-0.2, 0) is 0 Å². The number of pyridine rings is 1. The minimum absolute atomic E-state index is 0.0945. The van der Waals surface area contributed by atoms with Gasteiger partial charge < -0.3 is 10.0 Å². The normalized spacial score (nSPS) is 20.7. The molecule has 1 amide bonds. The third-order valence-corrected chi connectivity index (χ3v) is 3.04. The van der Waals surface area contributed by atoms with Crippen molar-refractivity contribution in [3.8, 4) is 0 Å². The highest BCUT2D eigenvalue weighted by Gasteiger charge is 2.25. The molecule has 0 aliphatic carbocycles. The lowest BCUT2D eigenvalue weighted by Gasteiger charge is -2.14. The third-order valence-electron chi connectivity index (χ3n) is 2.40. The van der Waals surface area contributed by atoms with E-state index in [1.54, 1.807) is 17.2 Å². The average Bonchev–Trinajstić information content (AvgIpc) is 2.65. The molecular formula is C10H11IN2O2. The van der Waals surface area contributed by atoms with E-state index in [2.05, 4.69) is 27.6 Å². The second kappa shape index (κ2) is 4.44. The van der Waals surface area contributed by atoms with Gasteiger partial charge in [0.25, 0.3) is 5.91 Å². The van der Waals surface area contributed by atoms with E-state index in [0.29, 0.717) is 25.2 Å². The molecule has 1 N–H and O–H groups in total. The Morgan fingerprint density at radius 3 is 2.93 bits per heavy atom. The Kier molecular flexibility index (Phi) is 3.20. The zero-order chi connectivity index (χ0) is 10.8. The van der Waals surface area contributed by atoms with E-state index >= 15 is 0 Å². The number of aliphatic hydroxyl groups is 1. The van der Waals surface area contributed by atoms with Crippen molar-refractivity contribution in [3.63, 3.8) is 0 Å². The number of halogens is 1. The molecule has 1 aromatic heterocycles. The first-order valence-electron chi connectivity index (χ1n) is 4.76. The SMILES string of the molecule is O=C(c1ccc(I)cn1)N1CC[C@@H](O)C1. The van der Waals surface area contributed by atoms with Crippen molar-refractivity contribution < 1.29 is 9.90 Å². The van der Waals surface area contributed by atoms with Gasteiger partial charge in [0.05, 0.1) is 6.10 Å². The fourth-order valence-corrected chi connectivity index (χ4v) is 1.91. The highest BCUT2D eigenvalue weighted by molar-refractivity contribution is 14.1. The fraction of sp³-hybridized carbons (Fsp3) is 0.400. The van der Waals surface area contributed by atoms with Crippen LogP contribution in [0.1, 0.15) is 16.9 Å². The molecule has 1 atom stereocenters. The molecule has 1 fully saturated rings. The highest BCUT2D eigenvalue weighted by atomic mass is 127. The standard InChI is InChI=1S/C10H11IN2O2/c11-7-1-2-9(12-5-7)10(15)13-4-3-8(14)6-13/h1-2,5,8,14H,3-4,6H2/t8-/m1/s1. The zero-order valence-corrected chi connectivity index (χ0v) is 10.2. The largest absolute Gasteiger partial charge is 0.391 e. The number of carbonyl (C=O) groups is 1. The summed E-state index contributed by atoms with van der Waals surface area (Å²) >= 11 is 2.14. The van der Waals surface area contributed by atoms with Crippen molar-refractivity contribution in [2.75, 3.05) is 13.1 Å². The molecule has 15 heavy (non-hydrogen) atoms. The van der Waals surface area contributed by atoms with Crippen LogP contribution in [0.2, 0.25) is 0 Å². The summed E-state index contributed by atoms with van der Waals surface area (Å²) in [7, 11) is 0. The third kappa shape index (κ3) is 2.46. The molecule has 1 aliphatic heterocycles. The minimum atomic E-state index is -0.377. The predicted molar refractivity (Wildman–Crippen MR) is 63.5 cm³/mol. The van der Waals surface area contributed by atoms with E-state index in [1.165, 1.54) is 0 Å². The van der Waals surface area contributed by atoms with Gasteiger partial charge in [-0.05, 0) is 41.1 Å². The number of aliphatic hydroxyl groups excluding tert-OH is 1. The molecule has 0 saturated carbocycles. The van der Waals surface area contributed by atoms with Gasteiger partial charge in [-0.2, -0.15) is 0 Å². The number of carbonyl (C=O) groups excluding carboxylic acids is 1. The van der Waals surface area contributed by atoms with Crippen LogP contribution in [0, 0.1) is 3.57 Å². The molecule has 1 saturated heterocycles. The summed E-state index contributed by atoms with van der Waals surface area (Å²) in [5.74, 6) is -0.0945. The molecule has 1 aliphatic rings. The maximum absolute atomic E-state index is 11.9. The van der Waals surface area contributed by atoms with Gasteiger partial charge in [0, 0.05) is 22.9 Å². The van der Waals surface area contributed by atoms with E-state index in [-0.39, 0.29) is 12.0 Å². The van der Waals surface area contributed by atoms with E-state index in [0.717, 1.165) is 3.57 Å². The summed E-state index contributed by atoms with van der Waals surface area (Å²) in [5, 5.41) is 9.32. The van der Waals surface area contributed by atoms with Crippen molar-refractivity contribution in [2.45, 2.75) is 12.5 Å². The summed E-state index contributed by atoms with van der Waals surface area (Å²) in [6, 6.07) is 3.57. The Balaban J connectivity index is 2.11. The van der Waals surface area contributed by atoms with Gasteiger partial charge in [-0.1, -0.05) is 0 Å². The van der Waals surface area contributed by atoms with Gasteiger partial charge in [-0.25, -0.2) is 4.98 Å². The van der Waals surface area contributed by atoms with Crippen LogP contribution in [0.5, 0.6) is 0 Å². The predicted octanol–water partition coefficient (Wildman–Crippen LogP) is 0.893. The first-order chi connectivity index (χ1) is 7.16. The Morgan fingerprint density at radius 2 is 2.40 bits per heavy atom. The van der Waals surface area contributed by atoms with Crippen molar-refractivity contribution in [1.82, 2.24) is 9.88 Å². The number of β-amino-alcohol motifs (C(OH)–C–C–N with tert-alkyl or cyclic N) is 1. The summed E-state index contributed by atoms with van der Waals surface area (Å²) in [6.07, 6.45) is 1.95. The maximum Gasteiger partial charge on any atom is 0.272 e. The van der Waals surface area contributed by atoms with E-state index < -0.39 is 0 Å². The van der Waals surface area contributed by atoms with Gasteiger partial charge in [-0.15, -0.1) is 0 Å². The molecular weight excluding hydrogens is 307 g/mol. The lowest BCUT2D eigenvalue weighted by molar-refractivity contribution is 0.0759. The van der Waals surface area contributed by atoms with Crippen LogP contribution in [-0.4, -0.2) is 40.1 Å². The number of rotatable bonds is 1. The van der Waals surface area contributed by atoms with Gasteiger partial charge in [0.1, 0.15) is 5.69 Å². The van der Waals surface area contributed by atoms with Crippen LogP contribution in [0.15, 0.2) is 18.3 Å². The average molecular weight is 318 g/mol. The van der Waals surface area contributed by atoms with Crippen molar-refractivity contribution in [2.24, 2.45) is 0 Å². The lowest BCUT2D eigenvalue weighted by atomic mass is 10.3. The van der Waals surface area contributed by atoms with Gasteiger partial charge in [0.2, 0.25) is 0 Å². The molecule has 0 unspecified atom stereocenters. The molecule has 0 radical (unpaired) electrons. The molecule has 0 spiro atoms. The quantitative estimate of drug-likeness (QED) is 0.783. The Hall–Kier alpha value is -0.690. The molecule has 4 nitrogen and oxygen atoms in total. The van der Waals surface area contributed by atoms with Gasteiger partial charge in [0.15, 0.2) is 0 Å². The van der Waals surface area contributed by atoms with E-state index in [1.807, 2.05) is 6.07 Å². The van der Waals surface area contributed by atoms with Crippen LogP contribution in [0.4, 0.5) is 0 Å². The number of hydrogen-bond acceptors (Lipinski definition) is 3. The van der Waals surface area contributed by atoms with Gasteiger partial charge >= 0.3 is 0 Å². The fourth-order valence-electron chi connectivity index (χ4n) is 1.59. The Labute approximate surface area is 101 Å². The molecule has 0 aromatic carbocycles. The number of nitrogens with zero attached hydrogens (tertiary/aromatic N) is 2. The molecule has 80 valence electrons. The minimum Gasteiger partial charge on any atom is -0.391 e. The summed E-state index contributed by atoms with van der Waals surface area (Å²) in [5.41, 5.74) is 0.449. The van der Waals surface area contributed by atoms with Crippen LogP contribution >= 0.6 is 22.6 Å². The lowest BCUT2D eigenvalue weighted by Crippen LogP contribution is -2.30. The maximum atomic E-state index is 11.9. The summed E-state index contributed by atoms with van der Waals surface area (Å²) < 4.78 is 1.01. The topological polar surface area (TPSA) is 53.4 Å². The summed E-state index contributed by atoms with van der Waals surface area (Å²) in [4.78, 5) is 17.6. The Bertz CT molecular complexity index is 366. The number of likely N-dealkylation sites (tertiary alicyclic amines) is 1. The molecule has 2 rings (SSSR count). The second-order valence-electron chi connectivity index (χ2n) is 3.56.